The Morgan fingerprint density at radius 2 is 1.90 bits per heavy atom. The van der Waals surface area contributed by atoms with Crippen molar-refractivity contribution in [1.82, 2.24) is 0 Å². The highest BCUT2D eigenvalue weighted by atomic mass is 79.9. The van der Waals surface area contributed by atoms with Gasteiger partial charge in [0.2, 0.25) is 0 Å². The summed E-state index contributed by atoms with van der Waals surface area (Å²) in [5.41, 5.74) is 2.42. The zero-order valence-corrected chi connectivity index (χ0v) is 13.9. The summed E-state index contributed by atoms with van der Waals surface area (Å²) in [6, 6.07) is 9.61. The lowest BCUT2D eigenvalue weighted by atomic mass is 10.1. The van der Waals surface area contributed by atoms with Crippen molar-refractivity contribution in [2.45, 2.75) is 39.0 Å². The van der Waals surface area contributed by atoms with E-state index in [1.807, 2.05) is 36.4 Å². The number of amides is 1. The molecule has 1 aromatic carbocycles. The lowest BCUT2D eigenvalue weighted by molar-refractivity contribution is -0.114. The fraction of sp³-hybridized carbons (Fsp3) is 0.353. The van der Waals surface area contributed by atoms with E-state index in [2.05, 4.69) is 22.9 Å². The monoisotopic (exact) mass is 343 g/mol. The van der Waals surface area contributed by atoms with E-state index in [9.17, 15) is 4.79 Å². The standard InChI is InChI=1S/C17H19BBrNO/c1-2-3-4-6-9-13-12-15(16(18)19)20(17(13)21)14-10-7-5-8-11-14/h5,7-8,10-12H,2-4,6,9H2,1H3/b16-15-. The number of para-hydroxylation sites is 1. The molecule has 2 rings (SSSR count). The number of rotatable bonds is 6. The second-order valence-electron chi connectivity index (χ2n) is 5.19. The van der Waals surface area contributed by atoms with E-state index in [0.29, 0.717) is 4.38 Å². The minimum Gasteiger partial charge on any atom is -0.277 e. The van der Waals surface area contributed by atoms with Crippen molar-refractivity contribution in [1.29, 1.82) is 0 Å². The second-order valence-corrected chi connectivity index (χ2v) is 6.04. The zero-order valence-electron chi connectivity index (χ0n) is 12.3. The summed E-state index contributed by atoms with van der Waals surface area (Å²) >= 11 is 3.31. The number of allylic oxidation sites excluding steroid dienone is 1. The first-order valence-corrected chi connectivity index (χ1v) is 8.19. The number of carbonyl (C=O) groups is 1. The molecule has 0 N–H and O–H groups in total. The number of nitrogens with zero attached hydrogens (tertiary/aromatic N) is 1. The van der Waals surface area contributed by atoms with E-state index in [0.717, 1.165) is 36.2 Å². The van der Waals surface area contributed by atoms with Crippen LogP contribution in [0.25, 0.3) is 0 Å². The highest BCUT2D eigenvalue weighted by Gasteiger charge is 2.29. The smallest absolute Gasteiger partial charge is 0.258 e. The predicted octanol–water partition coefficient (Wildman–Crippen LogP) is 4.66. The minimum atomic E-state index is 0.0371. The van der Waals surface area contributed by atoms with Gasteiger partial charge in [-0.25, -0.2) is 0 Å². The summed E-state index contributed by atoms with van der Waals surface area (Å²) in [7, 11) is 5.88. The van der Waals surface area contributed by atoms with Gasteiger partial charge in [-0.1, -0.05) is 60.3 Å². The van der Waals surface area contributed by atoms with Crippen LogP contribution in [0.2, 0.25) is 0 Å². The van der Waals surface area contributed by atoms with Gasteiger partial charge in [-0.3, -0.25) is 9.69 Å². The summed E-state index contributed by atoms with van der Waals surface area (Å²) < 4.78 is 0.489. The Hall–Kier alpha value is -1.29. The van der Waals surface area contributed by atoms with Crippen molar-refractivity contribution >= 4 is 35.4 Å². The van der Waals surface area contributed by atoms with Crippen LogP contribution in [-0.2, 0) is 4.79 Å². The number of anilines is 1. The topological polar surface area (TPSA) is 20.3 Å². The van der Waals surface area contributed by atoms with Crippen molar-refractivity contribution in [2.75, 3.05) is 4.90 Å². The van der Waals surface area contributed by atoms with Crippen LogP contribution in [0.1, 0.15) is 39.0 Å². The van der Waals surface area contributed by atoms with Gasteiger partial charge >= 0.3 is 0 Å². The van der Waals surface area contributed by atoms with Gasteiger partial charge in [0.05, 0.1) is 0 Å². The molecule has 0 fully saturated rings. The third-order valence-corrected chi connectivity index (χ3v) is 3.99. The first-order chi connectivity index (χ1) is 10.1. The number of hydrogen-bond donors (Lipinski definition) is 0. The molecule has 1 aromatic rings. The number of carbonyl (C=O) groups excluding carboxylic acids is 1. The van der Waals surface area contributed by atoms with E-state index in [1.165, 1.54) is 12.8 Å². The Balaban J connectivity index is 2.18. The van der Waals surface area contributed by atoms with Crippen molar-refractivity contribution in [3.05, 3.63) is 52.1 Å². The molecule has 1 aliphatic rings. The van der Waals surface area contributed by atoms with Gasteiger partial charge in [0, 0.05) is 17.0 Å². The Kier molecular flexibility index (Phi) is 5.86. The van der Waals surface area contributed by atoms with Crippen LogP contribution in [-0.4, -0.2) is 13.8 Å². The molecule has 0 spiro atoms. The van der Waals surface area contributed by atoms with E-state index in [-0.39, 0.29) is 5.91 Å². The molecule has 1 amide bonds. The normalized spacial score (nSPS) is 17.1. The third kappa shape index (κ3) is 3.88. The molecule has 108 valence electrons. The molecular weight excluding hydrogens is 325 g/mol. The molecule has 0 atom stereocenters. The average Bonchev–Trinajstić information content (AvgIpc) is 2.82. The molecule has 0 saturated carbocycles. The molecule has 0 aromatic heterocycles. The molecule has 21 heavy (non-hydrogen) atoms. The third-order valence-electron chi connectivity index (χ3n) is 3.59. The molecule has 2 nitrogen and oxygen atoms in total. The van der Waals surface area contributed by atoms with Crippen molar-refractivity contribution in [3.8, 4) is 0 Å². The lowest BCUT2D eigenvalue weighted by Gasteiger charge is -2.19. The van der Waals surface area contributed by atoms with Crippen molar-refractivity contribution in [2.24, 2.45) is 0 Å². The largest absolute Gasteiger partial charge is 0.277 e. The van der Waals surface area contributed by atoms with Gasteiger partial charge in [-0.05, 0) is 35.4 Å². The van der Waals surface area contributed by atoms with Crippen molar-refractivity contribution in [3.63, 3.8) is 0 Å². The molecule has 0 aliphatic carbocycles. The van der Waals surface area contributed by atoms with Crippen LogP contribution >= 0.6 is 15.9 Å². The molecule has 2 radical (unpaired) electrons. The van der Waals surface area contributed by atoms with E-state index in [1.54, 1.807) is 4.90 Å². The minimum absolute atomic E-state index is 0.0371. The fourth-order valence-corrected chi connectivity index (χ4v) is 2.77. The Morgan fingerprint density at radius 1 is 1.19 bits per heavy atom. The maximum absolute atomic E-state index is 12.6. The molecule has 0 saturated heterocycles. The highest BCUT2D eigenvalue weighted by molar-refractivity contribution is 9.12. The molecule has 0 bridgehead atoms. The zero-order chi connectivity index (χ0) is 15.2. The van der Waals surface area contributed by atoms with Crippen LogP contribution in [0.4, 0.5) is 5.69 Å². The summed E-state index contributed by atoms with van der Waals surface area (Å²) in [5.74, 6) is 0.0371. The van der Waals surface area contributed by atoms with Crippen LogP contribution in [0, 0.1) is 0 Å². The Bertz CT molecular complexity index is 561. The Morgan fingerprint density at radius 3 is 2.52 bits per heavy atom. The first-order valence-electron chi connectivity index (χ1n) is 7.40. The van der Waals surface area contributed by atoms with Crippen molar-refractivity contribution < 1.29 is 4.79 Å². The van der Waals surface area contributed by atoms with Crippen LogP contribution in [0.5, 0.6) is 0 Å². The highest BCUT2D eigenvalue weighted by Crippen LogP contribution is 2.33. The number of hydrogen-bond acceptors (Lipinski definition) is 1. The predicted molar refractivity (Wildman–Crippen MR) is 92.5 cm³/mol. The summed E-state index contributed by atoms with van der Waals surface area (Å²) in [6.45, 7) is 2.18. The van der Waals surface area contributed by atoms with E-state index < -0.39 is 0 Å². The van der Waals surface area contributed by atoms with E-state index in [4.69, 9.17) is 7.85 Å². The van der Waals surface area contributed by atoms with Crippen LogP contribution < -0.4 is 4.90 Å². The van der Waals surface area contributed by atoms with Gasteiger partial charge in [0.15, 0.2) is 0 Å². The maximum atomic E-state index is 12.6. The fourth-order valence-electron chi connectivity index (χ4n) is 2.47. The quantitative estimate of drug-likeness (QED) is 0.543. The lowest BCUT2D eigenvalue weighted by Crippen LogP contribution is -2.25. The second kappa shape index (κ2) is 7.65. The summed E-state index contributed by atoms with van der Waals surface area (Å²) in [5, 5.41) is 0. The molecule has 1 heterocycles. The maximum Gasteiger partial charge on any atom is 0.258 e. The van der Waals surface area contributed by atoms with Crippen LogP contribution in [0.3, 0.4) is 0 Å². The average molecular weight is 344 g/mol. The molecule has 0 unspecified atom stereocenters. The van der Waals surface area contributed by atoms with Gasteiger partial charge in [0.25, 0.3) is 5.91 Å². The van der Waals surface area contributed by atoms with Crippen LogP contribution in [0.15, 0.2) is 52.1 Å². The number of halogens is 1. The number of unbranched alkanes of at least 4 members (excludes halogenated alkanes) is 3. The van der Waals surface area contributed by atoms with Gasteiger partial charge < -0.3 is 0 Å². The van der Waals surface area contributed by atoms with Gasteiger partial charge in [0.1, 0.15) is 7.85 Å². The molecule has 4 heteroatoms. The van der Waals surface area contributed by atoms with Gasteiger partial charge in [-0.2, -0.15) is 0 Å². The molecular formula is C17H19BBrNO. The summed E-state index contributed by atoms with van der Waals surface area (Å²) in [6.07, 6.45) is 7.34. The number of benzene rings is 1. The molecule has 1 aliphatic heterocycles. The van der Waals surface area contributed by atoms with E-state index >= 15 is 0 Å². The first kappa shape index (κ1) is 16.1. The van der Waals surface area contributed by atoms with Gasteiger partial charge in [-0.15, -0.1) is 0 Å². The Labute approximate surface area is 136 Å². The SMILES string of the molecule is [B]/C(Br)=C1\C=C(CCCCCC)C(=O)N1c1ccccc1. The summed E-state index contributed by atoms with van der Waals surface area (Å²) in [4.78, 5) is 14.3.